The molecule has 4 aromatic carbocycles. The molecule has 2 heterocycles. The smallest absolute Gasteiger partial charge is 0.262 e. The minimum atomic E-state index is -4.42. The first kappa shape index (κ1) is 27.9. The zero-order valence-electron chi connectivity index (χ0n) is 23.4. The Bertz CT molecular complexity index is 1930. The Morgan fingerprint density at radius 3 is 2.19 bits per heavy atom. The summed E-state index contributed by atoms with van der Waals surface area (Å²) in [4.78, 5) is 1.79. The normalized spacial score (nSPS) is 14.4. The van der Waals surface area contributed by atoms with Gasteiger partial charge in [0, 0.05) is 24.8 Å². The quantitative estimate of drug-likeness (QED) is 0.141. The summed E-state index contributed by atoms with van der Waals surface area (Å²) in [5.74, 6) is 0.603. The standard InChI is InChI=1S/C34H30N2O4S2/c1-3-24(21-34-35(2)30-23-28(15-17-32(30)41-34)26-12-8-5-9-13-26)20-33-36(18-19-42(37,38)39)29-22-27(14-16-31(29)40-33)25-10-6-4-7-11-25/h4-17,20-23H,3,18-19H2,1-2H3. The molecule has 0 unspecified atom stereocenters. The molecule has 0 saturated heterocycles. The Hall–Kier alpha value is -4.24. The summed E-state index contributed by atoms with van der Waals surface area (Å²) in [6, 6.07) is 32.7. The number of ether oxygens (including phenoxy) is 1. The minimum Gasteiger partial charge on any atom is -0.748 e. The fraction of sp³-hybridized carbons (Fsp3) is 0.147. The van der Waals surface area contributed by atoms with E-state index in [1.165, 1.54) is 15.8 Å². The highest BCUT2D eigenvalue weighted by Crippen LogP contribution is 2.42. The third-order valence-electron chi connectivity index (χ3n) is 7.40. The first-order valence-corrected chi connectivity index (χ1v) is 16.2. The molecule has 212 valence electrons. The van der Waals surface area contributed by atoms with Crippen LogP contribution in [0.1, 0.15) is 18.4 Å². The van der Waals surface area contributed by atoms with Gasteiger partial charge in [-0.3, -0.25) is 0 Å². The lowest BCUT2D eigenvalue weighted by Gasteiger charge is -2.20. The van der Waals surface area contributed by atoms with Crippen molar-refractivity contribution < 1.29 is 22.3 Å². The molecule has 0 amide bonds. The molecule has 1 aliphatic heterocycles. The largest absolute Gasteiger partial charge is 0.748 e. The third-order valence-corrected chi connectivity index (χ3v) is 9.25. The number of rotatable bonds is 8. The Kier molecular flexibility index (Phi) is 7.68. The predicted octanol–water partition coefficient (Wildman–Crippen LogP) is 7.14. The fourth-order valence-electron chi connectivity index (χ4n) is 5.12. The van der Waals surface area contributed by atoms with Gasteiger partial charge >= 0.3 is 0 Å². The van der Waals surface area contributed by atoms with Crippen molar-refractivity contribution in [2.24, 2.45) is 7.05 Å². The topological polar surface area (TPSA) is 73.5 Å². The van der Waals surface area contributed by atoms with E-state index < -0.39 is 15.9 Å². The van der Waals surface area contributed by atoms with Gasteiger partial charge in [-0.2, -0.15) is 4.57 Å². The van der Waals surface area contributed by atoms with Crippen LogP contribution in [0.15, 0.2) is 115 Å². The van der Waals surface area contributed by atoms with Gasteiger partial charge < -0.3 is 14.2 Å². The Morgan fingerprint density at radius 1 is 0.905 bits per heavy atom. The lowest BCUT2D eigenvalue weighted by atomic mass is 10.0. The molecule has 0 atom stereocenters. The van der Waals surface area contributed by atoms with Crippen LogP contribution in [0, 0.1) is 0 Å². The number of hydrogen-bond acceptors (Lipinski definition) is 6. The Labute approximate surface area is 250 Å². The fourth-order valence-corrected chi connectivity index (χ4v) is 6.63. The van der Waals surface area contributed by atoms with Gasteiger partial charge in [-0.25, -0.2) is 8.42 Å². The van der Waals surface area contributed by atoms with E-state index in [9.17, 15) is 13.0 Å². The molecule has 0 bridgehead atoms. The highest BCUT2D eigenvalue weighted by molar-refractivity contribution is 7.85. The average molecular weight is 595 g/mol. The van der Waals surface area contributed by atoms with Crippen LogP contribution >= 0.6 is 11.3 Å². The van der Waals surface area contributed by atoms with Crippen molar-refractivity contribution in [1.29, 1.82) is 0 Å². The number of anilines is 1. The van der Waals surface area contributed by atoms with Crippen LogP contribution in [-0.4, -0.2) is 25.3 Å². The molecule has 0 spiro atoms. The van der Waals surface area contributed by atoms with E-state index >= 15 is 0 Å². The Balaban J connectivity index is 1.36. The number of hydrogen-bond donors (Lipinski definition) is 0. The molecule has 0 aliphatic carbocycles. The molecule has 5 aromatic rings. The molecule has 6 rings (SSSR count). The van der Waals surface area contributed by atoms with Gasteiger partial charge in [-0.05, 0) is 52.4 Å². The number of aromatic nitrogens is 1. The number of thiazole rings is 1. The maximum Gasteiger partial charge on any atom is 0.262 e. The van der Waals surface area contributed by atoms with Crippen LogP contribution in [0.3, 0.4) is 0 Å². The van der Waals surface area contributed by atoms with Crippen molar-refractivity contribution in [2.45, 2.75) is 13.3 Å². The van der Waals surface area contributed by atoms with Gasteiger partial charge in [0.25, 0.3) is 5.01 Å². The van der Waals surface area contributed by atoms with Crippen molar-refractivity contribution >= 4 is 43.4 Å². The van der Waals surface area contributed by atoms with Gasteiger partial charge in [-0.1, -0.05) is 91.1 Å². The van der Waals surface area contributed by atoms with E-state index in [4.69, 9.17) is 4.74 Å². The van der Waals surface area contributed by atoms with Crippen molar-refractivity contribution in [1.82, 2.24) is 0 Å². The zero-order valence-corrected chi connectivity index (χ0v) is 25.0. The lowest BCUT2D eigenvalue weighted by Crippen LogP contribution is -2.29. The van der Waals surface area contributed by atoms with Crippen molar-refractivity contribution in [3.05, 3.63) is 120 Å². The monoisotopic (exact) mass is 594 g/mol. The van der Waals surface area contributed by atoms with Gasteiger partial charge in [0.2, 0.25) is 11.4 Å². The van der Waals surface area contributed by atoms with E-state index in [-0.39, 0.29) is 6.54 Å². The second-order valence-corrected chi connectivity index (χ2v) is 12.8. The summed E-state index contributed by atoms with van der Waals surface area (Å²) in [6.07, 6.45) is 4.82. The summed E-state index contributed by atoms with van der Waals surface area (Å²) >= 11 is 1.71. The molecule has 42 heavy (non-hydrogen) atoms. The van der Waals surface area contributed by atoms with Gasteiger partial charge in [0.05, 0.1) is 21.6 Å². The average Bonchev–Trinajstić information content (AvgIpc) is 3.51. The number of allylic oxidation sites excluding steroid dienone is 2. The number of fused-ring (bicyclic) bond motifs is 2. The molecular formula is C34H30N2O4S2. The maximum absolute atomic E-state index is 11.6. The lowest BCUT2D eigenvalue weighted by molar-refractivity contribution is -0.642. The van der Waals surface area contributed by atoms with Gasteiger partial charge in [-0.15, -0.1) is 0 Å². The molecule has 1 aliphatic rings. The molecule has 0 fully saturated rings. The van der Waals surface area contributed by atoms with Crippen LogP contribution < -0.4 is 14.2 Å². The van der Waals surface area contributed by atoms with Crippen LogP contribution in [0.5, 0.6) is 5.75 Å². The molecule has 1 aromatic heterocycles. The van der Waals surface area contributed by atoms with E-state index in [0.717, 1.165) is 39.3 Å². The number of aryl methyl sites for hydroxylation is 1. The number of benzene rings is 4. The van der Waals surface area contributed by atoms with Crippen LogP contribution in [0.2, 0.25) is 0 Å². The molecule has 0 radical (unpaired) electrons. The maximum atomic E-state index is 11.6. The van der Waals surface area contributed by atoms with E-state index in [1.807, 2.05) is 72.8 Å². The summed E-state index contributed by atoms with van der Waals surface area (Å²) in [5, 5.41) is 1.08. The summed E-state index contributed by atoms with van der Waals surface area (Å²) in [6.45, 7) is 2.07. The summed E-state index contributed by atoms with van der Waals surface area (Å²) in [7, 11) is -2.35. The molecule has 0 N–H and O–H groups in total. The van der Waals surface area contributed by atoms with Crippen molar-refractivity contribution in [3.8, 4) is 28.0 Å². The van der Waals surface area contributed by atoms with Gasteiger partial charge in [0.1, 0.15) is 11.7 Å². The molecular weight excluding hydrogens is 565 g/mol. The van der Waals surface area contributed by atoms with E-state index in [1.54, 1.807) is 16.2 Å². The van der Waals surface area contributed by atoms with Crippen LogP contribution in [0.4, 0.5) is 5.69 Å². The molecule has 6 nitrogen and oxygen atoms in total. The van der Waals surface area contributed by atoms with E-state index in [0.29, 0.717) is 11.6 Å². The van der Waals surface area contributed by atoms with Crippen molar-refractivity contribution in [3.63, 3.8) is 0 Å². The second kappa shape index (κ2) is 11.6. The second-order valence-electron chi connectivity index (χ2n) is 10.2. The first-order valence-electron chi connectivity index (χ1n) is 13.8. The van der Waals surface area contributed by atoms with Gasteiger partial charge in [0.15, 0.2) is 5.75 Å². The predicted molar refractivity (Wildman–Crippen MR) is 169 cm³/mol. The van der Waals surface area contributed by atoms with Crippen molar-refractivity contribution in [2.75, 3.05) is 17.2 Å². The molecule has 8 heteroatoms. The zero-order chi connectivity index (χ0) is 29.3. The number of nitrogens with zero attached hydrogens (tertiary/aromatic N) is 2. The first-order chi connectivity index (χ1) is 20.3. The molecule has 0 saturated carbocycles. The third kappa shape index (κ3) is 5.87. The highest BCUT2D eigenvalue weighted by atomic mass is 32.2. The van der Waals surface area contributed by atoms with Crippen LogP contribution in [0.25, 0.3) is 38.5 Å². The minimum absolute atomic E-state index is 0.00116. The Morgan fingerprint density at radius 2 is 1.55 bits per heavy atom. The van der Waals surface area contributed by atoms with Crippen LogP contribution in [-0.2, 0) is 17.2 Å². The SMILES string of the molecule is CCC(/C=C1\Oc2ccc(-c3ccccc3)cc2N1CCS(=O)(=O)[O-])=C\c1sc2ccc(-c3ccccc3)cc2[n+]1C. The highest BCUT2D eigenvalue weighted by Gasteiger charge is 2.28. The summed E-state index contributed by atoms with van der Waals surface area (Å²) in [5.41, 5.74) is 7.26. The summed E-state index contributed by atoms with van der Waals surface area (Å²) < 4.78 is 44.4. The van der Waals surface area contributed by atoms with E-state index in [2.05, 4.69) is 54.9 Å².